The highest BCUT2D eigenvalue weighted by Gasteiger charge is 2.44. The van der Waals surface area contributed by atoms with E-state index in [4.69, 9.17) is 5.11 Å². The van der Waals surface area contributed by atoms with Crippen LogP contribution in [-0.4, -0.2) is 10.1 Å². The van der Waals surface area contributed by atoms with Crippen LogP contribution in [0.1, 0.15) is 33.0 Å². The zero-order chi connectivity index (χ0) is 19.9. The maximum Gasteiger partial charge on any atom is 0.416 e. The fourth-order valence-electron chi connectivity index (χ4n) is 2.22. The lowest BCUT2D eigenvalue weighted by Gasteiger charge is -2.21. The lowest BCUT2D eigenvalue weighted by Crippen LogP contribution is -2.20. The Morgan fingerprint density at radius 1 is 0.846 bits per heavy atom. The third-order valence-corrected chi connectivity index (χ3v) is 4.16. The molecule has 0 fully saturated rings. The van der Waals surface area contributed by atoms with Gasteiger partial charge in [-0.2, -0.15) is 39.5 Å². The number of hydrogen-bond acceptors (Lipinski definition) is 3. The van der Waals surface area contributed by atoms with Gasteiger partial charge in [0.1, 0.15) is 5.01 Å². The van der Waals surface area contributed by atoms with Gasteiger partial charge in [0.2, 0.25) is 0 Å². The van der Waals surface area contributed by atoms with Crippen molar-refractivity contribution in [3.63, 3.8) is 0 Å². The Labute approximate surface area is 143 Å². The smallest absolute Gasteiger partial charge is 0.389 e. The number of hydrogen-bond donors (Lipinski definition) is 1. The molecule has 26 heavy (non-hydrogen) atoms. The highest BCUT2D eigenvalue weighted by atomic mass is 32.1. The summed E-state index contributed by atoms with van der Waals surface area (Å²) in [5.74, 6) is 0. The van der Waals surface area contributed by atoms with E-state index in [0.29, 0.717) is 0 Å². The maximum atomic E-state index is 13.2. The largest absolute Gasteiger partial charge is 0.416 e. The third kappa shape index (κ3) is 4.47. The topological polar surface area (TPSA) is 33.1 Å². The Kier molecular flexibility index (Phi) is 5.30. The van der Waals surface area contributed by atoms with E-state index in [1.54, 1.807) is 0 Å². The van der Waals surface area contributed by atoms with Crippen LogP contribution in [-0.2, 0) is 31.6 Å². The summed E-state index contributed by atoms with van der Waals surface area (Å²) in [7, 11) is 0. The molecule has 2 rings (SSSR count). The normalized spacial score (nSPS) is 13.3. The van der Waals surface area contributed by atoms with Crippen LogP contribution >= 0.6 is 11.3 Å². The van der Waals surface area contributed by atoms with Crippen molar-refractivity contribution in [1.82, 2.24) is 4.98 Å². The second-order valence-corrected chi connectivity index (χ2v) is 6.05. The average molecular weight is 409 g/mol. The van der Waals surface area contributed by atoms with Gasteiger partial charge >= 0.3 is 18.5 Å². The highest BCUT2D eigenvalue weighted by molar-refractivity contribution is 7.09. The molecule has 0 spiro atoms. The molecule has 0 unspecified atom stereocenters. The van der Waals surface area contributed by atoms with Gasteiger partial charge in [-0.25, -0.2) is 4.98 Å². The lowest BCUT2D eigenvalue weighted by atomic mass is 9.93. The van der Waals surface area contributed by atoms with Crippen molar-refractivity contribution in [2.24, 2.45) is 0 Å². The number of rotatable bonds is 3. The first-order chi connectivity index (χ1) is 11.7. The Hall–Kier alpha value is -1.82. The summed E-state index contributed by atoms with van der Waals surface area (Å²) in [5.41, 5.74) is -7.69. The molecule has 144 valence electrons. The summed E-state index contributed by atoms with van der Waals surface area (Å²) in [6, 6.07) is -0.687. The second-order valence-electron chi connectivity index (χ2n) is 5.11. The van der Waals surface area contributed by atoms with Crippen LogP contribution in [0.15, 0.2) is 17.5 Å². The standard InChI is InChI=1S/C14H8F9NOS/c15-12(16,17)6-1-9(13(18,19)20)8(10(2-6)14(21,22)23)3-7-5-26-11(4-25)24-7/h1-2,5,25H,3-4H2. The molecule has 1 heterocycles. The highest BCUT2D eigenvalue weighted by Crippen LogP contribution is 2.44. The minimum absolute atomic E-state index is 0.0500. The molecule has 1 aromatic carbocycles. The van der Waals surface area contributed by atoms with Gasteiger partial charge in [0, 0.05) is 11.8 Å². The molecule has 0 aliphatic carbocycles. The molecule has 12 heteroatoms. The van der Waals surface area contributed by atoms with Gasteiger partial charge in [0.25, 0.3) is 0 Å². The molecule has 0 bridgehead atoms. The van der Waals surface area contributed by atoms with E-state index in [1.807, 2.05) is 0 Å². The fraction of sp³-hybridized carbons (Fsp3) is 0.357. The quantitative estimate of drug-likeness (QED) is 0.700. The Bertz CT molecular complexity index is 754. The van der Waals surface area contributed by atoms with Crippen LogP contribution in [0.3, 0.4) is 0 Å². The molecule has 1 aromatic heterocycles. The van der Waals surface area contributed by atoms with Crippen molar-refractivity contribution in [3.05, 3.63) is 50.5 Å². The molecule has 0 aliphatic heterocycles. The lowest BCUT2D eigenvalue weighted by molar-refractivity contribution is -0.149. The number of thiazole rings is 1. The van der Waals surface area contributed by atoms with Gasteiger partial charge < -0.3 is 5.11 Å². The zero-order valence-corrected chi connectivity index (χ0v) is 13.2. The van der Waals surface area contributed by atoms with Crippen LogP contribution < -0.4 is 0 Å². The molecule has 0 saturated heterocycles. The third-order valence-electron chi connectivity index (χ3n) is 3.28. The Morgan fingerprint density at radius 2 is 1.35 bits per heavy atom. The monoisotopic (exact) mass is 409 g/mol. The number of aliphatic hydroxyl groups is 1. The van der Waals surface area contributed by atoms with E-state index in [-0.39, 0.29) is 22.8 Å². The van der Waals surface area contributed by atoms with E-state index in [9.17, 15) is 39.5 Å². The van der Waals surface area contributed by atoms with Crippen molar-refractivity contribution >= 4 is 11.3 Å². The van der Waals surface area contributed by atoms with Gasteiger partial charge in [-0.3, -0.25) is 0 Å². The van der Waals surface area contributed by atoms with Gasteiger partial charge in [-0.15, -0.1) is 11.3 Å². The average Bonchev–Trinajstić information content (AvgIpc) is 2.91. The summed E-state index contributed by atoms with van der Waals surface area (Å²) < 4.78 is 117. The molecular weight excluding hydrogens is 401 g/mol. The number of nitrogens with zero attached hydrogens (tertiary/aromatic N) is 1. The minimum atomic E-state index is -5.44. The minimum Gasteiger partial charge on any atom is -0.389 e. The van der Waals surface area contributed by atoms with Gasteiger partial charge in [0.15, 0.2) is 0 Å². The van der Waals surface area contributed by atoms with Crippen LogP contribution in [0.4, 0.5) is 39.5 Å². The van der Waals surface area contributed by atoms with Gasteiger partial charge in [-0.1, -0.05) is 0 Å². The first-order valence-electron chi connectivity index (χ1n) is 6.66. The molecule has 2 nitrogen and oxygen atoms in total. The van der Waals surface area contributed by atoms with E-state index >= 15 is 0 Å². The fourth-order valence-corrected chi connectivity index (χ4v) is 2.87. The summed E-state index contributed by atoms with van der Waals surface area (Å²) in [4.78, 5) is 3.65. The molecule has 0 aliphatic rings. The first kappa shape index (κ1) is 20.5. The molecule has 0 atom stereocenters. The van der Waals surface area contributed by atoms with Crippen molar-refractivity contribution in [3.8, 4) is 0 Å². The van der Waals surface area contributed by atoms with Crippen LogP contribution in [0.2, 0.25) is 0 Å². The van der Waals surface area contributed by atoms with Crippen LogP contribution in [0.25, 0.3) is 0 Å². The summed E-state index contributed by atoms with van der Waals surface area (Å²) in [6.07, 6.45) is -17.2. The van der Waals surface area contributed by atoms with Crippen LogP contribution in [0.5, 0.6) is 0 Å². The molecule has 1 N–H and O–H groups in total. The van der Waals surface area contributed by atoms with Gasteiger partial charge in [0.05, 0.1) is 29.0 Å². The molecule has 0 saturated carbocycles. The number of alkyl halides is 9. The number of aliphatic hydroxyl groups excluding tert-OH is 1. The molecular formula is C14H8F9NOS. The predicted octanol–water partition coefficient (Wildman–Crippen LogP) is 5.28. The maximum absolute atomic E-state index is 13.2. The van der Waals surface area contributed by atoms with Crippen LogP contribution in [0, 0.1) is 0 Å². The SMILES string of the molecule is OCc1nc(Cc2c(C(F)(F)F)cc(C(F)(F)F)cc2C(F)(F)F)cs1. The van der Waals surface area contributed by atoms with Crippen molar-refractivity contribution in [1.29, 1.82) is 0 Å². The van der Waals surface area contributed by atoms with E-state index in [0.717, 1.165) is 16.7 Å². The first-order valence-corrected chi connectivity index (χ1v) is 7.54. The molecule has 2 aromatic rings. The number of benzene rings is 1. The molecule has 0 amide bonds. The second kappa shape index (κ2) is 6.72. The molecule has 0 radical (unpaired) electrons. The predicted molar refractivity (Wildman–Crippen MR) is 72.3 cm³/mol. The van der Waals surface area contributed by atoms with E-state index in [2.05, 4.69) is 4.98 Å². The Morgan fingerprint density at radius 3 is 1.69 bits per heavy atom. The summed E-state index contributed by atoms with van der Waals surface area (Å²) >= 11 is 0.799. The number of halogens is 9. The van der Waals surface area contributed by atoms with Crippen molar-refractivity contribution in [2.45, 2.75) is 31.6 Å². The number of aromatic nitrogens is 1. The van der Waals surface area contributed by atoms with Crippen molar-refractivity contribution < 1.29 is 44.6 Å². The van der Waals surface area contributed by atoms with E-state index < -0.39 is 53.8 Å². The van der Waals surface area contributed by atoms with Crippen molar-refractivity contribution in [2.75, 3.05) is 0 Å². The van der Waals surface area contributed by atoms with Gasteiger partial charge in [-0.05, 0) is 17.7 Å². The Balaban J connectivity index is 2.73. The zero-order valence-electron chi connectivity index (χ0n) is 12.4. The summed E-state index contributed by atoms with van der Waals surface area (Å²) in [5, 5.41) is 10.1. The summed E-state index contributed by atoms with van der Waals surface area (Å²) in [6.45, 7) is -0.573. The van der Waals surface area contributed by atoms with E-state index in [1.165, 1.54) is 0 Å².